The predicted octanol–water partition coefficient (Wildman–Crippen LogP) is 6.98. The van der Waals surface area contributed by atoms with E-state index in [4.69, 9.17) is 14.6 Å². The molecule has 1 aliphatic rings. The minimum Gasteiger partial charge on any atom is -0.493 e. The lowest BCUT2D eigenvalue weighted by molar-refractivity contribution is -0.114. The maximum absolute atomic E-state index is 13.7. The van der Waals surface area contributed by atoms with Crippen molar-refractivity contribution in [2.24, 2.45) is 5.10 Å². The molecule has 6 heteroatoms. The number of carbonyl (C=O) groups is 1. The second-order valence-corrected chi connectivity index (χ2v) is 8.95. The Hall–Kier alpha value is -4.97. The Balaban J connectivity index is 1.55. The van der Waals surface area contributed by atoms with E-state index >= 15 is 0 Å². The topological polar surface area (TPSA) is 51.1 Å². The fraction of sp³-hybridized carbons (Fsp3) is 0.0909. The summed E-state index contributed by atoms with van der Waals surface area (Å²) < 4.78 is 25.5. The second-order valence-electron chi connectivity index (χ2n) is 8.95. The number of halogens is 1. The van der Waals surface area contributed by atoms with E-state index in [0.29, 0.717) is 40.5 Å². The Morgan fingerprint density at radius 1 is 0.949 bits per heavy atom. The monoisotopic (exact) mass is 518 g/mol. The molecule has 0 saturated carbocycles. The number of hydrazone groups is 1. The number of carbonyl (C=O) groups excluding carboxylic acids is 1. The molecule has 0 unspecified atom stereocenters. The third-order valence-electron chi connectivity index (χ3n) is 6.25. The van der Waals surface area contributed by atoms with E-state index in [2.05, 4.69) is 6.58 Å². The smallest absolute Gasteiger partial charge is 0.281 e. The molecule has 0 N–H and O–H groups in total. The van der Waals surface area contributed by atoms with Crippen LogP contribution in [0.2, 0.25) is 0 Å². The van der Waals surface area contributed by atoms with Gasteiger partial charge in [-0.05, 0) is 60.0 Å². The van der Waals surface area contributed by atoms with Crippen molar-refractivity contribution in [3.05, 3.63) is 143 Å². The Labute approximate surface area is 227 Å². The highest BCUT2D eigenvalue weighted by molar-refractivity contribution is 6.37. The third-order valence-corrected chi connectivity index (χ3v) is 6.25. The maximum atomic E-state index is 13.7. The van der Waals surface area contributed by atoms with Gasteiger partial charge in [-0.25, -0.2) is 4.39 Å². The van der Waals surface area contributed by atoms with E-state index in [-0.39, 0.29) is 18.3 Å². The van der Waals surface area contributed by atoms with Crippen LogP contribution in [0, 0.1) is 5.82 Å². The quantitative estimate of drug-likeness (QED) is 0.178. The summed E-state index contributed by atoms with van der Waals surface area (Å²) >= 11 is 0. The number of nitrogens with zero attached hydrogens (tertiary/aromatic N) is 2. The molecular weight excluding hydrogens is 491 g/mol. The summed E-state index contributed by atoms with van der Waals surface area (Å²) in [6.45, 7) is 4.06. The normalized spacial score (nSPS) is 13.9. The van der Waals surface area contributed by atoms with Gasteiger partial charge in [-0.3, -0.25) is 4.79 Å². The Morgan fingerprint density at radius 2 is 1.69 bits per heavy atom. The van der Waals surface area contributed by atoms with Crippen molar-refractivity contribution in [2.75, 3.05) is 12.1 Å². The average molecular weight is 519 g/mol. The van der Waals surface area contributed by atoms with Gasteiger partial charge >= 0.3 is 0 Å². The lowest BCUT2D eigenvalue weighted by atomic mass is 9.98. The standard InChI is InChI=1S/C33H27FN2O3/c1-3-11-26-18-24(21-30(38-2)32(26)39-22-23-12-10-15-27(34)19-23)20-29-31(25-13-6-4-7-14-25)35-36(33(29)37)28-16-8-5-9-17-28/h3-10,12-21H,1,11,22H2,2H3/b29-20-. The van der Waals surface area contributed by atoms with Crippen LogP contribution in [0.15, 0.2) is 120 Å². The number of para-hydroxylation sites is 1. The van der Waals surface area contributed by atoms with E-state index in [9.17, 15) is 9.18 Å². The molecule has 0 saturated heterocycles. The molecule has 0 atom stereocenters. The first-order valence-corrected chi connectivity index (χ1v) is 12.5. The summed E-state index contributed by atoms with van der Waals surface area (Å²) in [7, 11) is 1.56. The van der Waals surface area contributed by atoms with Crippen molar-refractivity contribution in [2.45, 2.75) is 13.0 Å². The van der Waals surface area contributed by atoms with Gasteiger partial charge in [0.15, 0.2) is 11.5 Å². The molecule has 39 heavy (non-hydrogen) atoms. The molecule has 0 bridgehead atoms. The van der Waals surface area contributed by atoms with E-state index in [1.54, 1.807) is 25.3 Å². The van der Waals surface area contributed by atoms with Gasteiger partial charge in [-0.15, -0.1) is 6.58 Å². The van der Waals surface area contributed by atoms with Crippen LogP contribution in [0.5, 0.6) is 11.5 Å². The first kappa shape index (κ1) is 25.7. The zero-order valence-electron chi connectivity index (χ0n) is 21.5. The van der Waals surface area contributed by atoms with Gasteiger partial charge in [-0.1, -0.05) is 66.7 Å². The summed E-state index contributed by atoms with van der Waals surface area (Å²) in [5.74, 6) is 0.499. The molecule has 0 fully saturated rings. The third kappa shape index (κ3) is 5.65. The van der Waals surface area contributed by atoms with Crippen molar-refractivity contribution < 1.29 is 18.7 Å². The molecule has 4 aromatic carbocycles. The van der Waals surface area contributed by atoms with Crippen molar-refractivity contribution in [3.63, 3.8) is 0 Å². The first-order chi connectivity index (χ1) is 19.1. The molecule has 0 radical (unpaired) electrons. The number of hydrogen-bond acceptors (Lipinski definition) is 4. The van der Waals surface area contributed by atoms with E-state index in [1.165, 1.54) is 17.1 Å². The van der Waals surface area contributed by atoms with Gasteiger partial charge in [0.25, 0.3) is 5.91 Å². The number of amides is 1. The molecule has 4 aromatic rings. The highest BCUT2D eigenvalue weighted by Gasteiger charge is 2.32. The minimum atomic E-state index is -0.321. The van der Waals surface area contributed by atoms with Crippen LogP contribution in [0.4, 0.5) is 10.1 Å². The molecule has 0 aliphatic carbocycles. The molecule has 5 nitrogen and oxygen atoms in total. The highest BCUT2D eigenvalue weighted by Crippen LogP contribution is 2.36. The molecule has 5 rings (SSSR count). The number of rotatable bonds is 9. The minimum absolute atomic E-state index is 0.175. The lowest BCUT2D eigenvalue weighted by Crippen LogP contribution is -2.21. The number of allylic oxidation sites excluding steroid dienone is 1. The van der Waals surface area contributed by atoms with Crippen LogP contribution in [-0.4, -0.2) is 18.7 Å². The molecule has 194 valence electrons. The molecule has 0 spiro atoms. The van der Waals surface area contributed by atoms with Gasteiger partial charge in [0.05, 0.1) is 18.4 Å². The summed E-state index contributed by atoms with van der Waals surface area (Å²) in [4.78, 5) is 13.7. The zero-order valence-corrected chi connectivity index (χ0v) is 21.5. The number of hydrogen-bond donors (Lipinski definition) is 0. The number of benzene rings is 4. The van der Waals surface area contributed by atoms with E-state index in [0.717, 1.165) is 16.7 Å². The van der Waals surface area contributed by atoms with Gasteiger partial charge in [-0.2, -0.15) is 10.1 Å². The Morgan fingerprint density at radius 3 is 2.38 bits per heavy atom. The number of anilines is 1. The van der Waals surface area contributed by atoms with Crippen LogP contribution in [0.25, 0.3) is 6.08 Å². The van der Waals surface area contributed by atoms with Crippen LogP contribution >= 0.6 is 0 Å². The summed E-state index contributed by atoms with van der Waals surface area (Å²) in [6, 6.07) is 29.0. The van der Waals surface area contributed by atoms with Gasteiger partial charge in [0, 0.05) is 11.1 Å². The van der Waals surface area contributed by atoms with Crippen LogP contribution in [0.3, 0.4) is 0 Å². The highest BCUT2D eigenvalue weighted by atomic mass is 19.1. The van der Waals surface area contributed by atoms with Gasteiger partial charge in [0.2, 0.25) is 0 Å². The Bertz CT molecular complexity index is 1560. The van der Waals surface area contributed by atoms with Crippen molar-refractivity contribution in [3.8, 4) is 11.5 Å². The molecule has 1 heterocycles. The van der Waals surface area contributed by atoms with Gasteiger partial charge in [0.1, 0.15) is 18.1 Å². The molecule has 0 aromatic heterocycles. The fourth-order valence-electron chi connectivity index (χ4n) is 4.44. The average Bonchev–Trinajstić information content (AvgIpc) is 3.29. The second kappa shape index (κ2) is 11.6. The van der Waals surface area contributed by atoms with E-state index in [1.807, 2.05) is 78.9 Å². The van der Waals surface area contributed by atoms with Crippen LogP contribution in [0.1, 0.15) is 22.3 Å². The van der Waals surface area contributed by atoms with E-state index < -0.39 is 0 Å². The van der Waals surface area contributed by atoms with Crippen LogP contribution < -0.4 is 14.5 Å². The van der Waals surface area contributed by atoms with Gasteiger partial charge < -0.3 is 9.47 Å². The summed E-state index contributed by atoms with van der Waals surface area (Å²) in [5.41, 5.74) is 4.85. The number of ether oxygens (including phenoxy) is 2. The fourth-order valence-corrected chi connectivity index (χ4v) is 4.44. The molecular formula is C33H27FN2O3. The Kier molecular flexibility index (Phi) is 7.64. The van der Waals surface area contributed by atoms with Crippen molar-refractivity contribution in [1.82, 2.24) is 0 Å². The van der Waals surface area contributed by atoms with Crippen molar-refractivity contribution in [1.29, 1.82) is 0 Å². The number of methoxy groups -OCH3 is 1. The lowest BCUT2D eigenvalue weighted by Gasteiger charge is -2.16. The molecule has 1 amide bonds. The first-order valence-electron chi connectivity index (χ1n) is 12.5. The maximum Gasteiger partial charge on any atom is 0.281 e. The molecule has 1 aliphatic heterocycles. The van der Waals surface area contributed by atoms with Crippen molar-refractivity contribution >= 4 is 23.4 Å². The zero-order chi connectivity index (χ0) is 27.2. The van der Waals surface area contributed by atoms with Crippen LogP contribution in [-0.2, 0) is 17.8 Å². The SMILES string of the molecule is C=CCc1cc(/C=C2\C(=O)N(c3ccccc3)N=C2c2ccccc2)cc(OC)c1OCc1cccc(F)c1. The summed E-state index contributed by atoms with van der Waals surface area (Å²) in [6.07, 6.45) is 4.10. The largest absolute Gasteiger partial charge is 0.493 e. The predicted molar refractivity (Wildman–Crippen MR) is 153 cm³/mol. The summed E-state index contributed by atoms with van der Waals surface area (Å²) in [5, 5.41) is 6.13.